The molecule has 2 aromatic heterocycles. The molecule has 0 amide bonds. The quantitative estimate of drug-likeness (QED) is 0.685. The van der Waals surface area contributed by atoms with Crippen LogP contribution in [-0.4, -0.2) is 23.7 Å². The van der Waals surface area contributed by atoms with Gasteiger partial charge < -0.3 is 14.8 Å². The van der Waals surface area contributed by atoms with Crippen molar-refractivity contribution in [2.45, 2.75) is 6.92 Å². The average molecular weight is 321 g/mol. The monoisotopic (exact) mass is 321 g/mol. The van der Waals surface area contributed by atoms with Crippen LogP contribution < -0.4 is 14.8 Å². The molecule has 0 saturated heterocycles. The number of hydrogen-bond donors (Lipinski definition) is 1. The molecular weight excluding hydrogens is 302 g/mol. The highest BCUT2D eigenvalue weighted by Gasteiger charge is 2.02. The Balaban J connectivity index is 1.76. The van der Waals surface area contributed by atoms with Gasteiger partial charge in [-0.15, -0.1) is 0 Å². The van der Waals surface area contributed by atoms with Crippen molar-refractivity contribution < 1.29 is 9.47 Å². The van der Waals surface area contributed by atoms with Gasteiger partial charge in [0.2, 0.25) is 5.88 Å². The van der Waals surface area contributed by atoms with Crippen LogP contribution in [0.1, 0.15) is 6.92 Å². The zero-order valence-corrected chi connectivity index (χ0v) is 13.7. The molecule has 3 rings (SSSR count). The molecule has 0 saturated carbocycles. The van der Waals surface area contributed by atoms with Gasteiger partial charge in [-0.25, -0.2) is 9.97 Å². The Morgan fingerprint density at radius 3 is 2.79 bits per heavy atom. The zero-order chi connectivity index (χ0) is 16.8. The van der Waals surface area contributed by atoms with E-state index in [0.717, 1.165) is 28.2 Å². The Bertz CT molecular complexity index is 845. The molecule has 1 aromatic carbocycles. The van der Waals surface area contributed by atoms with Crippen molar-refractivity contribution in [3.05, 3.63) is 60.8 Å². The summed E-state index contributed by atoms with van der Waals surface area (Å²) in [5, 5.41) is 4.27. The summed E-state index contributed by atoms with van der Waals surface area (Å²) in [5.74, 6) is 2.18. The summed E-state index contributed by atoms with van der Waals surface area (Å²) in [6, 6.07) is 13.5. The minimum atomic E-state index is 0.569. The lowest BCUT2D eigenvalue weighted by atomic mass is 10.2. The molecule has 0 bridgehead atoms. The summed E-state index contributed by atoms with van der Waals surface area (Å²) in [5.41, 5.74) is 1.76. The van der Waals surface area contributed by atoms with Crippen LogP contribution >= 0.6 is 0 Å². The number of allylic oxidation sites excluding steroid dienone is 1. The Kier molecular flexibility index (Phi) is 4.91. The van der Waals surface area contributed by atoms with Crippen molar-refractivity contribution in [1.82, 2.24) is 9.97 Å². The molecule has 2 heterocycles. The van der Waals surface area contributed by atoms with Gasteiger partial charge in [0.15, 0.2) is 0 Å². The predicted octanol–water partition coefficient (Wildman–Crippen LogP) is 4.34. The number of pyridine rings is 2. The van der Waals surface area contributed by atoms with Gasteiger partial charge in [-0.05, 0) is 43.3 Å². The number of nitrogens with one attached hydrogen (secondary N) is 1. The third-order valence-electron chi connectivity index (χ3n) is 3.46. The summed E-state index contributed by atoms with van der Waals surface area (Å²) in [6.45, 7) is 2.54. The predicted molar refractivity (Wildman–Crippen MR) is 96.1 cm³/mol. The Labute approximate surface area is 141 Å². The van der Waals surface area contributed by atoms with Gasteiger partial charge in [-0.2, -0.15) is 0 Å². The third kappa shape index (κ3) is 3.81. The van der Waals surface area contributed by atoms with Crippen molar-refractivity contribution in [2.75, 3.05) is 19.0 Å². The summed E-state index contributed by atoms with van der Waals surface area (Å²) in [4.78, 5) is 8.78. The van der Waals surface area contributed by atoms with E-state index in [-0.39, 0.29) is 0 Å². The molecule has 1 N–H and O–H groups in total. The Hall–Kier alpha value is -3.08. The van der Waals surface area contributed by atoms with Gasteiger partial charge in [0.25, 0.3) is 0 Å². The number of ether oxygens (including phenoxy) is 2. The maximum atomic E-state index is 5.65. The maximum absolute atomic E-state index is 5.65. The number of hydrogen-bond acceptors (Lipinski definition) is 5. The Morgan fingerprint density at radius 1 is 1.12 bits per heavy atom. The highest BCUT2D eigenvalue weighted by molar-refractivity contribution is 5.82. The normalized spacial score (nSPS) is 10.9. The molecule has 0 atom stereocenters. The van der Waals surface area contributed by atoms with E-state index >= 15 is 0 Å². The van der Waals surface area contributed by atoms with E-state index in [0.29, 0.717) is 12.5 Å². The topological polar surface area (TPSA) is 56.3 Å². The number of aromatic nitrogens is 2. The van der Waals surface area contributed by atoms with Gasteiger partial charge in [-0.3, -0.25) is 0 Å². The second-order valence-electron chi connectivity index (χ2n) is 5.15. The van der Waals surface area contributed by atoms with Crippen molar-refractivity contribution >= 4 is 22.4 Å². The van der Waals surface area contributed by atoms with E-state index in [2.05, 4.69) is 15.3 Å². The van der Waals surface area contributed by atoms with Gasteiger partial charge in [-0.1, -0.05) is 12.2 Å². The van der Waals surface area contributed by atoms with Gasteiger partial charge in [0, 0.05) is 11.5 Å². The minimum absolute atomic E-state index is 0.569. The first kappa shape index (κ1) is 15.8. The molecule has 0 aliphatic carbocycles. The van der Waals surface area contributed by atoms with E-state index in [1.165, 1.54) is 0 Å². The summed E-state index contributed by atoms with van der Waals surface area (Å²) >= 11 is 0. The van der Waals surface area contributed by atoms with Crippen LogP contribution in [0.5, 0.6) is 11.6 Å². The summed E-state index contributed by atoms with van der Waals surface area (Å²) in [7, 11) is 1.59. The molecule has 0 aliphatic heterocycles. The molecular formula is C19H19N3O2. The van der Waals surface area contributed by atoms with Crippen molar-refractivity contribution in [1.29, 1.82) is 0 Å². The first-order valence-electron chi connectivity index (χ1n) is 7.70. The van der Waals surface area contributed by atoms with E-state index in [1.807, 2.05) is 55.5 Å². The van der Waals surface area contributed by atoms with Crippen LogP contribution in [-0.2, 0) is 0 Å². The largest absolute Gasteiger partial charge is 0.490 e. The number of rotatable bonds is 6. The summed E-state index contributed by atoms with van der Waals surface area (Å²) < 4.78 is 10.7. The molecule has 5 heteroatoms. The van der Waals surface area contributed by atoms with Crippen molar-refractivity contribution in [3.63, 3.8) is 0 Å². The van der Waals surface area contributed by atoms with Gasteiger partial charge in [0.05, 0.1) is 24.5 Å². The molecule has 5 nitrogen and oxygen atoms in total. The molecule has 0 fully saturated rings. The Morgan fingerprint density at radius 2 is 2.04 bits per heavy atom. The third-order valence-corrected chi connectivity index (χ3v) is 3.46. The SMILES string of the molecule is C/C=C/COc1ccc2nc(Nc3ccc(OC)nc3)ccc2c1. The fraction of sp³-hybridized carbons (Fsp3) is 0.158. The number of nitrogens with zero attached hydrogens (tertiary/aromatic N) is 2. The van der Waals surface area contributed by atoms with Crippen molar-refractivity contribution in [3.8, 4) is 11.6 Å². The molecule has 0 radical (unpaired) electrons. The molecule has 122 valence electrons. The van der Waals surface area contributed by atoms with E-state index in [9.17, 15) is 0 Å². The fourth-order valence-electron chi connectivity index (χ4n) is 2.23. The molecule has 24 heavy (non-hydrogen) atoms. The van der Waals surface area contributed by atoms with E-state index in [4.69, 9.17) is 9.47 Å². The molecule has 0 unspecified atom stereocenters. The molecule has 3 aromatic rings. The minimum Gasteiger partial charge on any atom is -0.490 e. The highest BCUT2D eigenvalue weighted by Crippen LogP contribution is 2.23. The van der Waals surface area contributed by atoms with Crippen LogP contribution in [0.2, 0.25) is 0 Å². The highest BCUT2D eigenvalue weighted by atomic mass is 16.5. The second kappa shape index (κ2) is 7.46. The second-order valence-corrected chi connectivity index (χ2v) is 5.15. The molecule has 0 aliphatic rings. The lowest BCUT2D eigenvalue weighted by Gasteiger charge is -2.08. The number of fused-ring (bicyclic) bond motifs is 1. The van der Waals surface area contributed by atoms with E-state index < -0.39 is 0 Å². The van der Waals surface area contributed by atoms with Crippen LogP contribution in [0, 0.1) is 0 Å². The van der Waals surface area contributed by atoms with Gasteiger partial charge in [0.1, 0.15) is 18.2 Å². The number of benzene rings is 1. The van der Waals surface area contributed by atoms with Crippen LogP contribution in [0.4, 0.5) is 11.5 Å². The lowest BCUT2D eigenvalue weighted by molar-refractivity contribution is 0.363. The van der Waals surface area contributed by atoms with Crippen LogP contribution in [0.15, 0.2) is 60.8 Å². The average Bonchev–Trinajstić information content (AvgIpc) is 2.62. The van der Waals surface area contributed by atoms with Gasteiger partial charge >= 0.3 is 0 Å². The smallest absolute Gasteiger partial charge is 0.213 e. The van der Waals surface area contributed by atoms with Crippen LogP contribution in [0.3, 0.4) is 0 Å². The first-order chi connectivity index (χ1) is 11.8. The molecule has 0 spiro atoms. The lowest BCUT2D eigenvalue weighted by Crippen LogP contribution is -1.96. The van der Waals surface area contributed by atoms with E-state index in [1.54, 1.807) is 19.4 Å². The van der Waals surface area contributed by atoms with Crippen LogP contribution in [0.25, 0.3) is 10.9 Å². The zero-order valence-electron chi connectivity index (χ0n) is 13.7. The van der Waals surface area contributed by atoms with Crippen molar-refractivity contribution in [2.24, 2.45) is 0 Å². The first-order valence-corrected chi connectivity index (χ1v) is 7.70. The summed E-state index contributed by atoms with van der Waals surface area (Å²) in [6.07, 6.45) is 5.65. The number of methoxy groups -OCH3 is 1. The maximum Gasteiger partial charge on any atom is 0.213 e. The number of anilines is 2. The standard InChI is InChI=1S/C19H19N3O2/c1-3-4-11-24-16-7-8-17-14(12-16)5-9-18(22-17)21-15-6-10-19(23-2)20-13-15/h3-10,12-13H,11H2,1-2H3,(H,21,22)/b4-3+. The fourth-order valence-corrected chi connectivity index (χ4v) is 2.23.